The van der Waals surface area contributed by atoms with Crippen LogP contribution in [-0.4, -0.2) is 22.6 Å². The van der Waals surface area contributed by atoms with Gasteiger partial charge in [-0.1, -0.05) is 45.1 Å². The molecule has 0 bridgehead atoms. The molecule has 0 aromatic carbocycles. The van der Waals surface area contributed by atoms with Crippen LogP contribution in [0.15, 0.2) is 24.3 Å². The lowest BCUT2D eigenvalue weighted by atomic mass is 10.1. The van der Waals surface area contributed by atoms with Gasteiger partial charge < -0.3 is 5.11 Å². The van der Waals surface area contributed by atoms with Crippen LogP contribution in [0, 0.1) is 0 Å². The van der Waals surface area contributed by atoms with E-state index in [2.05, 4.69) is 6.92 Å². The van der Waals surface area contributed by atoms with Crippen LogP contribution in [0.4, 0.5) is 0 Å². The standard InChI is InChI=1S/C18H28O4/c1-2-3-4-8-11-16(19)14-15-17(20)12-9-6-5-7-10-13-18(21)22/h8,11,14-15H,2-7,9-10,12-13H2,1H3,(H,21,22)/b11-8+,15-14+. The predicted octanol–water partition coefficient (Wildman–Crippen LogP) is 4.24. The van der Waals surface area contributed by atoms with E-state index >= 15 is 0 Å². The van der Waals surface area contributed by atoms with Crippen molar-refractivity contribution in [1.82, 2.24) is 0 Å². The second kappa shape index (κ2) is 14.2. The Morgan fingerprint density at radius 1 is 0.818 bits per heavy atom. The summed E-state index contributed by atoms with van der Waals surface area (Å²) in [5.74, 6) is -0.923. The van der Waals surface area contributed by atoms with Crippen molar-refractivity contribution in [3.63, 3.8) is 0 Å². The summed E-state index contributed by atoms with van der Waals surface area (Å²) in [6, 6.07) is 0. The van der Waals surface area contributed by atoms with Crippen LogP contribution in [0.5, 0.6) is 0 Å². The molecule has 124 valence electrons. The number of aliphatic carboxylic acids is 1. The maximum Gasteiger partial charge on any atom is 0.303 e. The Morgan fingerprint density at radius 3 is 2.09 bits per heavy atom. The van der Waals surface area contributed by atoms with Crippen LogP contribution < -0.4 is 0 Å². The first-order valence-corrected chi connectivity index (χ1v) is 8.19. The molecule has 0 amide bonds. The number of hydrogen-bond donors (Lipinski definition) is 1. The molecule has 0 atom stereocenters. The van der Waals surface area contributed by atoms with Gasteiger partial charge in [0.05, 0.1) is 0 Å². The van der Waals surface area contributed by atoms with Crippen molar-refractivity contribution in [3.05, 3.63) is 24.3 Å². The normalized spacial score (nSPS) is 11.3. The fourth-order valence-electron chi connectivity index (χ4n) is 1.94. The second-order valence-electron chi connectivity index (χ2n) is 5.41. The summed E-state index contributed by atoms with van der Waals surface area (Å²) in [5, 5.41) is 8.49. The molecule has 4 heteroatoms. The molecule has 0 aromatic rings. The zero-order valence-electron chi connectivity index (χ0n) is 13.6. The maximum atomic E-state index is 11.6. The Balaban J connectivity index is 3.63. The van der Waals surface area contributed by atoms with Gasteiger partial charge in [0, 0.05) is 12.8 Å². The number of hydrogen-bond acceptors (Lipinski definition) is 3. The molecule has 0 aliphatic rings. The van der Waals surface area contributed by atoms with E-state index in [1.54, 1.807) is 0 Å². The molecule has 0 rings (SSSR count). The third-order valence-electron chi connectivity index (χ3n) is 3.25. The van der Waals surface area contributed by atoms with Gasteiger partial charge in [0.15, 0.2) is 11.6 Å². The van der Waals surface area contributed by atoms with Crippen LogP contribution >= 0.6 is 0 Å². The lowest BCUT2D eigenvalue weighted by Gasteiger charge is -1.98. The summed E-state index contributed by atoms with van der Waals surface area (Å²) in [6.07, 6.45) is 14.0. The van der Waals surface area contributed by atoms with E-state index in [9.17, 15) is 14.4 Å². The van der Waals surface area contributed by atoms with E-state index in [1.165, 1.54) is 18.2 Å². The average molecular weight is 308 g/mol. The van der Waals surface area contributed by atoms with Gasteiger partial charge in [-0.05, 0) is 37.5 Å². The van der Waals surface area contributed by atoms with E-state index in [0.29, 0.717) is 12.8 Å². The topological polar surface area (TPSA) is 71.4 Å². The van der Waals surface area contributed by atoms with Crippen LogP contribution in [0.1, 0.15) is 71.1 Å². The Hall–Kier alpha value is -1.71. The van der Waals surface area contributed by atoms with Crippen molar-refractivity contribution in [3.8, 4) is 0 Å². The summed E-state index contributed by atoms with van der Waals surface area (Å²) in [6.45, 7) is 2.10. The Morgan fingerprint density at radius 2 is 1.45 bits per heavy atom. The number of unbranched alkanes of at least 4 members (excludes halogenated alkanes) is 6. The number of carboxylic acids is 1. The Labute approximate surface area is 133 Å². The predicted molar refractivity (Wildman–Crippen MR) is 87.8 cm³/mol. The molecule has 1 N–H and O–H groups in total. The van der Waals surface area contributed by atoms with Gasteiger partial charge in [-0.2, -0.15) is 0 Å². The quantitative estimate of drug-likeness (QED) is 0.385. The molecule has 0 unspecified atom stereocenters. The van der Waals surface area contributed by atoms with Gasteiger partial charge in [-0.25, -0.2) is 0 Å². The van der Waals surface area contributed by atoms with Crippen LogP contribution in [-0.2, 0) is 14.4 Å². The first kappa shape index (κ1) is 20.3. The first-order chi connectivity index (χ1) is 10.6. The molecule has 4 nitrogen and oxygen atoms in total. The third-order valence-corrected chi connectivity index (χ3v) is 3.25. The van der Waals surface area contributed by atoms with Crippen molar-refractivity contribution in [2.24, 2.45) is 0 Å². The second-order valence-corrected chi connectivity index (χ2v) is 5.41. The fourth-order valence-corrected chi connectivity index (χ4v) is 1.94. The molecule has 0 saturated heterocycles. The van der Waals surface area contributed by atoms with Gasteiger partial charge in [0.1, 0.15) is 0 Å². The lowest BCUT2D eigenvalue weighted by Crippen LogP contribution is -1.96. The van der Waals surface area contributed by atoms with Crippen LogP contribution in [0.25, 0.3) is 0 Å². The smallest absolute Gasteiger partial charge is 0.303 e. The number of ketones is 2. The summed E-state index contributed by atoms with van der Waals surface area (Å²) in [7, 11) is 0. The van der Waals surface area contributed by atoms with E-state index in [-0.39, 0.29) is 18.0 Å². The molecule has 0 spiro atoms. The summed E-state index contributed by atoms with van der Waals surface area (Å²) >= 11 is 0. The number of allylic oxidation sites excluding steroid dienone is 4. The minimum atomic E-state index is -0.756. The van der Waals surface area contributed by atoms with E-state index in [1.807, 2.05) is 6.08 Å². The summed E-state index contributed by atoms with van der Waals surface area (Å²) < 4.78 is 0. The van der Waals surface area contributed by atoms with Crippen molar-refractivity contribution >= 4 is 17.5 Å². The first-order valence-electron chi connectivity index (χ1n) is 8.19. The largest absolute Gasteiger partial charge is 0.481 e. The zero-order chi connectivity index (χ0) is 16.6. The number of carbonyl (C=O) groups is 3. The molecule has 22 heavy (non-hydrogen) atoms. The van der Waals surface area contributed by atoms with Crippen molar-refractivity contribution in [2.45, 2.75) is 71.1 Å². The molecular formula is C18H28O4. The lowest BCUT2D eigenvalue weighted by molar-refractivity contribution is -0.137. The van der Waals surface area contributed by atoms with E-state index in [4.69, 9.17) is 5.11 Å². The van der Waals surface area contributed by atoms with Crippen LogP contribution in [0.3, 0.4) is 0 Å². The maximum absolute atomic E-state index is 11.6. The molecule has 0 heterocycles. The molecule has 0 aromatic heterocycles. The zero-order valence-corrected chi connectivity index (χ0v) is 13.6. The van der Waals surface area contributed by atoms with Crippen molar-refractivity contribution in [2.75, 3.05) is 0 Å². The van der Waals surface area contributed by atoms with E-state index in [0.717, 1.165) is 44.9 Å². The minimum absolute atomic E-state index is 0.0270. The molecule has 0 radical (unpaired) electrons. The van der Waals surface area contributed by atoms with Gasteiger partial charge in [-0.15, -0.1) is 0 Å². The fraction of sp³-hybridized carbons (Fsp3) is 0.611. The molecule has 0 fully saturated rings. The number of rotatable bonds is 14. The highest BCUT2D eigenvalue weighted by Crippen LogP contribution is 2.07. The van der Waals surface area contributed by atoms with Gasteiger partial charge in [0.2, 0.25) is 0 Å². The third kappa shape index (κ3) is 14.7. The summed E-state index contributed by atoms with van der Waals surface area (Å²) in [4.78, 5) is 33.3. The SMILES string of the molecule is CCCC/C=C/C(=O)/C=C/C(=O)CCCCCCCC(=O)O. The minimum Gasteiger partial charge on any atom is -0.481 e. The average Bonchev–Trinajstić information content (AvgIpc) is 2.48. The number of carboxylic acid groups (broad SMARTS) is 1. The Kier molecular flexibility index (Phi) is 13.1. The van der Waals surface area contributed by atoms with Gasteiger partial charge in [0.25, 0.3) is 0 Å². The highest BCUT2D eigenvalue weighted by atomic mass is 16.4. The Bertz CT molecular complexity index is 394. The molecule has 0 aliphatic heterocycles. The number of carbonyl (C=O) groups excluding carboxylic acids is 2. The summed E-state index contributed by atoms with van der Waals surface area (Å²) in [5.41, 5.74) is 0. The molecule has 0 saturated carbocycles. The van der Waals surface area contributed by atoms with Gasteiger partial charge >= 0.3 is 5.97 Å². The highest BCUT2D eigenvalue weighted by molar-refractivity contribution is 6.03. The van der Waals surface area contributed by atoms with Crippen molar-refractivity contribution in [1.29, 1.82) is 0 Å². The highest BCUT2D eigenvalue weighted by Gasteiger charge is 1.99. The van der Waals surface area contributed by atoms with E-state index < -0.39 is 5.97 Å². The van der Waals surface area contributed by atoms with Crippen LogP contribution in [0.2, 0.25) is 0 Å². The monoisotopic (exact) mass is 308 g/mol. The molecular weight excluding hydrogens is 280 g/mol. The molecule has 0 aliphatic carbocycles. The van der Waals surface area contributed by atoms with Crippen molar-refractivity contribution < 1.29 is 19.5 Å². The van der Waals surface area contributed by atoms with Gasteiger partial charge in [-0.3, -0.25) is 14.4 Å².